The van der Waals surface area contributed by atoms with Gasteiger partial charge in [-0.15, -0.1) is 0 Å². The Kier molecular flexibility index (Phi) is 8.49. The molecule has 0 fully saturated rings. The fourth-order valence-electron chi connectivity index (χ4n) is 2.59. The molecule has 0 saturated carbocycles. The lowest BCUT2D eigenvalue weighted by atomic mass is 10.0. The number of amides is 3. The van der Waals surface area contributed by atoms with Crippen LogP contribution in [0.25, 0.3) is 0 Å². The standard InChI is InChI=1S/C21H23Cl2N3O3/c1-13(2)18(26-20(28)16-9-8-15(22)12-17(16)23)21(29)25-11-10-24-19(27)14-6-4-3-5-7-14/h3-9,12-13,18H,10-11H2,1-2H3,(H,24,27)(H,25,29)(H,26,28). The fraction of sp³-hybridized carbons (Fsp3) is 0.286. The summed E-state index contributed by atoms with van der Waals surface area (Å²) >= 11 is 11.9. The van der Waals surface area contributed by atoms with Crippen LogP contribution in [0.1, 0.15) is 34.6 Å². The first-order chi connectivity index (χ1) is 13.8. The van der Waals surface area contributed by atoms with Crippen molar-refractivity contribution in [2.45, 2.75) is 19.9 Å². The van der Waals surface area contributed by atoms with E-state index >= 15 is 0 Å². The molecule has 154 valence electrons. The smallest absolute Gasteiger partial charge is 0.253 e. The van der Waals surface area contributed by atoms with E-state index in [1.165, 1.54) is 12.1 Å². The number of benzene rings is 2. The van der Waals surface area contributed by atoms with Crippen molar-refractivity contribution < 1.29 is 14.4 Å². The Bertz CT molecular complexity index is 873. The summed E-state index contributed by atoms with van der Waals surface area (Å²) in [6, 6.07) is 12.6. The Hall–Kier alpha value is -2.57. The molecule has 0 aliphatic carbocycles. The lowest BCUT2D eigenvalue weighted by Crippen LogP contribution is -2.50. The van der Waals surface area contributed by atoms with Crippen LogP contribution in [0.4, 0.5) is 0 Å². The minimum Gasteiger partial charge on any atom is -0.353 e. The van der Waals surface area contributed by atoms with Gasteiger partial charge in [0.15, 0.2) is 0 Å². The van der Waals surface area contributed by atoms with Gasteiger partial charge in [0.1, 0.15) is 6.04 Å². The highest BCUT2D eigenvalue weighted by Crippen LogP contribution is 2.21. The quantitative estimate of drug-likeness (QED) is 0.555. The van der Waals surface area contributed by atoms with E-state index < -0.39 is 11.9 Å². The van der Waals surface area contributed by atoms with E-state index in [-0.39, 0.29) is 41.4 Å². The molecular weight excluding hydrogens is 413 g/mol. The number of hydrogen-bond acceptors (Lipinski definition) is 3. The molecule has 29 heavy (non-hydrogen) atoms. The summed E-state index contributed by atoms with van der Waals surface area (Å²) in [6.07, 6.45) is 0. The van der Waals surface area contributed by atoms with E-state index in [9.17, 15) is 14.4 Å². The molecule has 8 heteroatoms. The first-order valence-corrected chi connectivity index (χ1v) is 9.92. The second-order valence-corrected chi connectivity index (χ2v) is 7.58. The number of rotatable bonds is 8. The molecule has 1 unspecified atom stereocenters. The molecular formula is C21H23Cl2N3O3. The van der Waals surface area contributed by atoms with Crippen molar-refractivity contribution in [1.29, 1.82) is 0 Å². The molecule has 3 amide bonds. The van der Waals surface area contributed by atoms with E-state index in [0.717, 1.165) is 0 Å². The van der Waals surface area contributed by atoms with Crippen LogP contribution in [0, 0.1) is 5.92 Å². The second kappa shape index (κ2) is 10.8. The zero-order valence-corrected chi connectivity index (χ0v) is 17.7. The Balaban J connectivity index is 1.87. The summed E-state index contributed by atoms with van der Waals surface area (Å²) < 4.78 is 0. The van der Waals surface area contributed by atoms with Crippen molar-refractivity contribution >= 4 is 40.9 Å². The van der Waals surface area contributed by atoms with Crippen LogP contribution in [0.3, 0.4) is 0 Å². The molecule has 6 nitrogen and oxygen atoms in total. The van der Waals surface area contributed by atoms with Crippen molar-refractivity contribution in [3.05, 3.63) is 69.7 Å². The van der Waals surface area contributed by atoms with Gasteiger partial charge in [-0.2, -0.15) is 0 Å². The van der Waals surface area contributed by atoms with Crippen LogP contribution in [0.15, 0.2) is 48.5 Å². The van der Waals surface area contributed by atoms with Crippen molar-refractivity contribution in [3.63, 3.8) is 0 Å². The molecule has 0 aliphatic rings. The predicted molar refractivity (Wildman–Crippen MR) is 114 cm³/mol. The molecule has 2 rings (SSSR count). The third-order valence-corrected chi connectivity index (χ3v) is 4.71. The maximum absolute atomic E-state index is 12.5. The van der Waals surface area contributed by atoms with Gasteiger partial charge in [-0.3, -0.25) is 14.4 Å². The maximum Gasteiger partial charge on any atom is 0.253 e. The molecule has 2 aromatic rings. The van der Waals surface area contributed by atoms with Crippen molar-refractivity contribution in [2.75, 3.05) is 13.1 Å². The number of nitrogens with one attached hydrogen (secondary N) is 3. The summed E-state index contributed by atoms with van der Waals surface area (Å²) in [5.74, 6) is -1.17. The molecule has 0 aliphatic heterocycles. The van der Waals surface area contributed by atoms with Crippen LogP contribution >= 0.6 is 23.2 Å². The van der Waals surface area contributed by atoms with Crippen LogP contribution in [0.2, 0.25) is 10.0 Å². The number of carbonyl (C=O) groups excluding carboxylic acids is 3. The van der Waals surface area contributed by atoms with Gasteiger partial charge in [-0.25, -0.2) is 0 Å². The Morgan fingerprint density at radius 1 is 0.897 bits per heavy atom. The monoisotopic (exact) mass is 435 g/mol. The highest BCUT2D eigenvalue weighted by atomic mass is 35.5. The number of halogens is 2. The number of carbonyl (C=O) groups is 3. The molecule has 0 aromatic heterocycles. The van der Waals surface area contributed by atoms with Gasteiger partial charge in [-0.05, 0) is 36.2 Å². The SMILES string of the molecule is CC(C)C(NC(=O)c1ccc(Cl)cc1Cl)C(=O)NCCNC(=O)c1ccccc1. The zero-order chi connectivity index (χ0) is 21.4. The number of hydrogen-bond donors (Lipinski definition) is 3. The average molecular weight is 436 g/mol. The lowest BCUT2D eigenvalue weighted by Gasteiger charge is -2.22. The molecule has 0 saturated heterocycles. The minimum absolute atomic E-state index is 0.149. The van der Waals surface area contributed by atoms with Gasteiger partial charge >= 0.3 is 0 Å². The zero-order valence-electron chi connectivity index (χ0n) is 16.2. The molecule has 0 spiro atoms. The van der Waals surface area contributed by atoms with Gasteiger partial charge in [0.05, 0.1) is 10.6 Å². The first kappa shape index (κ1) is 22.7. The van der Waals surface area contributed by atoms with E-state index in [4.69, 9.17) is 23.2 Å². The predicted octanol–water partition coefficient (Wildman–Crippen LogP) is 3.29. The van der Waals surface area contributed by atoms with Gasteiger partial charge in [0.2, 0.25) is 5.91 Å². The van der Waals surface area contributed by atoms with Gasteiger partial charge in [-0.1, -0.05) is 55.2 Å². The van der Waals surface area contributed by atoms with E-state index in [1.54, 1.807) is 30.3 Å². The van der Waals surface area contributed by atoms with E-state index in [0.29, 0.717) is 10.6 Å². The summed E-state index contributed by atoms with van der Waals surface area (Å²) in [5, 5.41) is 8.79. The summed E-state index contributed by atoms with van der Waals surface area (Å²) in [6.45, 7) is 4.15. The first-order valence-electron chi connectivity index (χ1n) is 9.16. The van der Waals surface area contributed by atoms with Crippen LogP contribution in [-0.2, 0) is 4.79 Å². The molecule has 2 aromatic carbocycles. The maximum atomic E-state index is 12.5. The molecule has 0 radical (unpaired) electrons. The topological polar surface area (TPSA) is 87.3 Å². The molecule has 3 N–H and O–H groups in total. The normalized spacial score (nSPS) is 11.6. The third-order valence-electron chi connectivity index (χ3n) is 4.16. The second-order valence-electron chi connectivity index (χ2n) is 6.73. The lowest BCUT2D eigenvalue weighted by molar-refractivity contribution is -0.123. The van der Waals surface area contributed by atoms with Crippen LogP contribution < -0.4 is 16.0 Å². The van der Waals surface area contributed by atoms with Crippen molar-refractivity contribution in [2.24, 2.45) is 5.92 Å². The Labute approximate surface area is 180 Å². The van der Waals surface area contributed by atoms with Gasteiger partial charge in [0, 0.05) is 23.7 Å². The molecule has 0 bridgehead atoms. The highest BCUT2D eigenvalue weighted by Gasteiger charge is 2.25. The molecule has 1 atom stereocenters. The molecule has 0 heterocycles. The Morgan fingerprint density at radius 2 is 1.55 bits per heavy atom. The third kappa shape index (κ3) is 6.76. The Morgan fingerprint density at radius 3 is 2.17 bits per heavy atom. The average Bonchev–Trinajstić information content (AvgIpc) is 2.69. The van der Waals surface area contributed by atoms with Crippen molar-refractivity contribution in [3.8, 4) is 0 Å². The van der Waals surface area contributed by atoms with E-state index in [2.05, 4.69) is 16.0 Å². The summed E-state index contributed by atoms with van der Waals surface area (Å²) in [4.78, 5) is 37.0. The van der Waals surface area contributed by atoms with E-state index in [1.807, 2.05) is 19.9 Å². The van der Waals surface area contributed by atoms with Gasteiger partial charge < -0.3 is 16.0 Å². The van der Waals surface area contributed by atoms with Crippen LogP contribution in [-0.4, -0.2) is 36.9 Å². The van der Waals surface area contributed by atoms with Crippen molar-refractivity contribution in [1.82, 2.24) is 16.0 Å². The van der Waals surface area contributed by atoms with Gasteiger partial charge in [0.25, 0.3) is 11.8 Å². The van der Waals surface area contributed by atoms with Crippen LogP contribution in [0.5, 0.6) is 0 Å². The largest absolute Gasteiger partial charge is 0.353 e. The summed E-state index contributed by atoms with van der Waals surface area (Å²) in [7, 11) is 0. The highest BCUT2D eigenvalue weighted by molar-refractivity contribution is 6.36. The summed E-state index contributed by atoms with van der Waals surface area (Å²) in [5.41, 5.74) is 0.788. The fourth-order valence-corrected chi connectivity index (χ4v) is 3.09. The minimum atomic E-state index is -0.751.